The molecule has 1 aliphatic rings. The molecular formula is C23H32N4O3. The van der Waals surface area contributed by atoms with Crippen LogP contribution in [0.25, 0.3) is 0 Å². The van der Waals surface area contributed by atoms with E-state index in [0.29, 0.717) is 31.5 Å². The van der Waals surface area contributed by atoms with Gasteiger partial charge in [-0.25, -0.2) is 4.99 Å². The number of aliphatic imine (C=N–C) groups is 1. The van der Waals surface area contributed by atoms with Gasteiger partial charge in [-0.05, 0) is 37.1 Å². The maximum atomic E-state index is 6.19. The zero-order valence-electron chi connectivity index (χ0n) is 17.9. The fraction of sp³-hybridized carbons (Fsp3) is 0.435. The molecule has 3 rings (SSSR count). The van der Waals surface area contributed by atoms with E-state index in [1.165, 1.54) is 11.1 Å². The summed E-state index contributed by atoms with van der Waals surface area (Å²) in [4.78, 5) is 6.97. The first kappa shape index (κ1) is 21.9. The average Bonchev–Trinajstić information content (AvgIpc) is 2.76. The Balaban J connectivity index is 1.69. The Kier molecular flexibility index (Phi) is 8.35. The quantitative estimate of drug-likeness (QED) is 0.486. The maximum absolute atomic E-state index is 6.19. The number of hydrogen-bond donors (Lipinski definition) is 2. The van der Waals surface area contributed by atoms with Gasteiger partial charge in [-0.3, -0.25) is 4.90 Å². The molecule has 0 spiro atoms. The second-order valence-electron chi connectivity index (χ2n) is 7.01. The van der Waals surface area contributed by atoms with Crippen LogP contribution in [0.3, 0.4) is 0 Å². The molecule has 3 N–H and O–H groups in total. The van der Waals surface area contributed by atoms with Gasteiger partial charge in [-0.2, -0.15) is 0 Å². The highest BCUT2D eigenvalue weighted by Crippen LogP contribution is 2.29. The molecule has 0 bridgehead atoms. The molecule has 2 aromatic rings. The molecule has 0 unspecified atom stereocenters. The van der Waals surface area contributed by atoms with E-state index in [2.05, 4.69) is 33.4 Å². The summed E-state index contributed by atoms with van der Waals surface area (Å²) in [7, 11) is 0. The van der Waals surface area contributed by atoms with Crippen molar-refractivity contribution in [3.8, 4) is 11.5 Å². The standard InChI is InChI=1S/C23H32N4O3/c1-3-29-20-9-10-22(30-4-2)21(15-20)26-23(24)25-16-18-7-5-6-8-19(18)17-27-11-13-28-14-12-27/h5-10,15H,3-4,11-14,16-17H2,1-2H3,(H3,24,25,26). The summed E-state index contributed by atoms with van der Waals surface area (Å²) in [6.45, 7) is 9.96. The van der Waals surface area contributed by atoms with Crippen molar-refractivity contribution in [2.75, 3.05) is 44.8 Å². The fourth-order valence-electron chi connectivity index (χ4n) is 3.36. The molecule has 0 aromatic heterocycles. The van der Waals surface area contributed by atoms with E-state index in [1.807, 2.05) is 38.1 Å². The lowest BCUT2D eigenvalue weighted by Gasteiger charge is -2.27. The van der Waals surface area contributed by atoms with Gasteiger partial charge in [-0.1, -0.05) is 24.3 Å². The first-order valence-electron chi connectivity index (χ1n) is 10.5. The molecule has 1 aliphatic heterocycles. The van der Waals surface area contributed by atoms with Gasteiger partial charge in [-0.15, -0.1) is 0 Å². The second-order valence-corrected chi connectivity index (χ2v) is 7.01. The Morgan fingerprint density at radius 1 is 1.07 bits per heavy atom. The maximum Gasteiger partial charge on any atom is 0.193 e. The van der Waals surface area contributed by atoms with Crippen LogP contribution in [0.2, 0.25) is 0 Å². The molecule has 162 valence electrons. The third kappa shape index (κ3) is 6.37. The third-order valence-corrected chi connectivity index (χ3v) is 4.86. The Hall–Kier alpha value is -2.77. The number of benzene rings is 2. The van der Waals surface area contributed by atoms with Crippen molar-refractivity contribution in [3.05, 3.63) is 53.6 Å². The van der Waals surface area contributed by atoms with Gasteiger partial charge in [0, 0.05) is 25.7 Å². The number of rotatable bonds is 9. The van der Waals surface area contributed by atoms with Crippen molar-refractivity contribution in [2.45, 2.75) is 26.9 Å². The SMILES string of the molecule is CCOc1ccc(OCC)c(NC(N)=NCc2ccccc2CN2CCOCC2)c1. The number of anilines is 1. The molecule has 0 atom stereocenters. The minimum atomic E-state index is 0.339. The van der Waals surface area contributed by atoms with E-state index in [4.69, 9.17) is 19.9 Å². The third-order valence-electron chi connectivity index (χ3n) is 4.86. The highest BCUT2D eigenvalue weighted by Gasteiger charge is 2.13. The van der Waals surface area contributed by atoms with Gasteiger partial charge >= 0.3 is 0 Å². The van der Waals surface area contributed by atoms with E-state index >= 15 is 0 Å². The van der Waals surface area contributed by atoms with Crippen molar-refractivity contribution in [1.29, 1.82) is 0 Å². The molecule has 7 heteroatoms. The van der Waals surface area contributed by atoms with E-state index in [9.17, 15) is 0 Å². The van der Waals surface area contributed by atoms with Crippen LogP contribution in [-0.2, 0) is 17.8 Å². The smallest absolute Gasteiger partial charge is 0.193 e. The van der Waals surface area contributed by atoms with Gasteiger partial charge in [0.05, 0.1) is 38.7 Å². The summed E-state index contributed by atoms with van der Waals surface area (Å²) >= 11 is 0. The molecular weight excluding hydrogens is 380 g/mol. The topological polar surface area (TPSA) is 81.3 Å². The van der Waals surface area contributed by atoms with Crippen molar-refractivity contribution in [1.82, 2.24) is 4.90 Å². The minimum absolute atomic E-state index is 0.339. The van der Waals surface area contributed by atoms with Gasteiger partial charge in [0.25, 0.3) is 0 Å². The fourth-order valence-corrected chi connectivity index (χ4v) is 3.36. The molecule has 1 heterocycles. The summed E-state index contributed by atoms with van der Waals surface area (Å²) < 4.78 is 16.7. The van der Waals surface area contributed by atoms with Crippen LogP contribution in [0.4, 0.5) is 5.69 Å². The number of morpholine rings is 1. The van der Waals surface area contributed by atoms with Crippen molar-refractivity contribution >= 4 is 11.6 Å². The van der Waals surface area contributed by atoms with E-state index in [0.717, 1.165) is 44.3 Å². The number of nitrogens with one attached hydrogen (secondary N) is 1. The molecule has 0 aliphatic carbocycles. The number of ether oxygens (including phenoxy) is 3. The molecule has 0 saturated carbocycles. The van der Waals surface area contributed by atoms with Crippen LogP contribution in [0.15, 0.2) is 47.5 Å². The van der Waals surface area contributed by atoms with Crippen molar-refractivity contribution in [2.24, 2.45) is 10.7 Å². The van der Waals surface area contributed by atoms with Gasteiger partial charge in [0.2, 0.25) is 0 Å². The van der Waals surface area contributed by atoms with Gasteiger partial charge in [0.1, 0.15) is 11.5 Å². The molecule has 0 amide bonds. The molecule has 1 fully saturated rings. The Morgan fingerprint density at radius 2 is 1.80 bits per heavy atom. The van der Waals surface area contributed by atoms with E-state index in [1.54, 1.807) is 0 Å². The Labute approximate surface area is 178 Å². The number of guanidine groups is 1. The zero-order valence-corrected chi connectivity index (χ0v) is 17.9. The van der Waals surface area contributed by atoms with Gasteiger partial charge < -0.3 is 25.3 Å². The van der Waals surface area contributed by atoms with Crippen molar-refractivity contribution < 1.29 is 14.2 Å². The molecule has 0 radical (unpaired) electrons. The largest absolute Gasteiger partial charge is 0.494 e. The average molecular weight is 413 g/mol. The number of nitrogens with two attached hydrogens (primary N) is 1. The normalized spacial score (nSPS) is 15.1. The van der Waals surface area contributed by atoms with E-state index < -0.39 is 0 Å². The summed E-state index contributed by atoms with van der Waals surface area (Å²) in [6.07, 6.45) is 0. The second kappa shape index (κ2) is 11.4. The van der Waals surface area contributed by atoms with Crippen LogP contribution in [0.5, 0.6) is 11.5 Å². The van der Waals surface area contributed by atoms with Crippen LogP contribution >= 0.6 is 0 Å². The Morgan fingerprint density at radius 3 is 2.53 bits per heavy atom. The lowest BCUT2D eigenvalue weighted by molar-refractivity contribution is 0.0341. The Bertz CT molecular complexity index is 835. The summed E-state index contributed by atoms with van der Waals surface area (Å²) in [5.74, 6) is 1.81. The number of nitrogens with zero attached hydrogens (tertiary/aromatic N) is 2. The summed E-state index contributed by atoms with van der Waals surface area (Å²) in [5, 5.41) is 3.16. The molecule has 30 heavy (non-hydrogen) atoms. The van der Waals surface area contributed by atoms with Crippen LogP contribution in [0, 0.1) is 0 Å². The monoisotopic (exact) mass is 412 g/mol. The van der Waals surface area contributed by atoms with Crippen LogP contribution in [0.1, 0.15) is 25.0 Å². The van der Waals surface area contributed by atoms with Crippen LogP contribution in [-0.4, -0.2) is 50.4 Å². The number of hydrogen-bond acceptors (Lipinski definition) is 5. The first-order chi connectivity index (χ1) is 14.7. The molecule has 1 saturated heterocycles. The highest BCUT2D eigenvalue weighted by molar-refractivity contribution is 5.94. The van der Waals surface area contributed by atoms with Gasteiger partial charge in [0.15, 0.2) is 5.96 Å². The predicted molar refractivity (Wildman–Crippen MR) is 120 cm³/mol. The first-order valence-corrected chi connectivity index (χ1v) is 10.5. The van der Waals surface area contributed by atoms with Crippen LogP contribution < -0.4 is 20.5 Å². The summed E-state index contributed by atoms with van der Waals surface area (Å²) in [6, 6.07) is 14.0. The molecule has 7 nitrogen and oxygen atoms in total. The highest BCUT2D eigenvalue weighted by atomic mass is 16.5. The minimum Gasteiger partial charge on any atom is -0.494 e. The molecule has 2 aromatic carbocycles. The predicted octanol–water partition coefficient (Wildman–Crippen LogP) is 3.24. The van der Waals surface area contributed by atoms with Crippen molar-refractivity contribution in [3.63, 3.8) is 0 Å². The van der Waals surface area contributed by atoms with E-state index in [-0.39, 0.29) is 0 Å². The zero-order chi connectivity index (χ0) is 21.2. The lowest BCUT2D eigenvalue weighted by atomic mass is 10.1. The summed E-state index contributed by atoms with van der Waals surface area (Å²) in [5.41, 5.74) is 9.37. The lowest BCUT2D eigenvalue weighted by Crippen LogP contribution is -2.35.